The minimum atomic E-state index is -0.293. The lowest BCUT2D eigenvalue weighted by Gasteiger charge is -2.08. The fourth-order valence-electron chi connectivity index (χ4n) is 1.60. The molecule has 18 heavy (non-hydrogen) atoms. The summed E-state index contributed by atoms with van der Waals surface area (Å²) in [4.78, 5) is 16.3. The Morgan fingerprint density at radius 1 is 1.28 bits per heavy atom. The second-order valence-corrected chi connectivity index (χ2v) is 4.21. The average molecular weight is 245 g/mol. The number of pyridine rings is 1. The molecule has 0 spiro atoms. The van der Waals surface area contributed by atoms with Crippen LogP contribution in [0.2, 0.25) is 0 Å². The fraction of sp³-hybridized carbons (Fsp3) is 0.308. The van der Waals surface area contributed by atoms with E-state index in [4.69, 9.17) is 4.74 Å². The van der Waals surface area contributed by atoms with Gasteiger partial charge in [0.2, 0.25) is 0 Å². The summed E-state index contributed by atoms with van der Waals surface area (Å²) < 4.78 is 6.25. The number of hydrogen-bond acceptors (Lipinski definition) is 4. The van der Waals surface area contributed by atoms with Crippen molar-refractivity contribution in [3.63, 3.8) is 0 Å². The van der Waals surface area contributed by atoms with Crippen LogP contribution in [0.15, 0.2) is 35.4 Å². The van der Waals surface area contributed by atoms with Gasteiger partial charge in [-0.15, -0.1) is 0 Å². The standard InChI is InChI=1S/C13H15N3O2/c1-9(2)11-5-4-10(8-14-11)16-13(17)12(18-3)6-7-15-16/h4-9H,1-3H3. The molecule has 0 saturated carbocycles. The third kappa shape index (κ3) is 2.25. The molecule has 0 N–H and O–H groups in total. The molecule has 0 aliphatic rings. The molecule has 2 rings (SSSR count). The van der Waals surface area contributed by atoms with Crippen molar-refractivity contribution in [3.05, 3.63) is 46.6 Å². The molecule has 0 amide bonds. The molecule has 0 saturated heterocycles. The first kappa shape index (κ1) is 12.3. The van der Waals surface area contributed by atoms with Gasteiger partial charge in [-0.05, 0) is 18.1 Å². The van der Waals surface area contributed by atoms with Crippen molar-refractivity contribution in [1.82, 2.24) is 14.8 Å². The summed E-state index contributed by atoms with van der Waals surface area (Å²) in [5.74, 6) is 0.618. The van der Waals surface area contributed by atoms with Crippen molar-refractivity contribution >= 4 is 0 Å². The lowest BCUT2D eigenvalue weighted by atomic mass is 10.1. The second kappa shape index (κ2) is 5.00. The van der Waals surface area contributed by atoms with E-state index in [2.05, 4.69) is 23.9 Å². The van der Waals surface area contributed by atoms with E-state index in [0.717, 1.165) is 5.69 Å². The molecule has 2 heterocycles. The van der Waals surface area contributed by atoms with E-state index in [9.17, 15) is 4.79 Å². The van der Waals surface area contributed by atoms with Crippen LogP contribution in [-0.4, -0.2) is 21.9 Å². The minimum Gasteiger partial charge on any atom is -0.491 e. The monoisotopic (exact) mass is 245 g/mol. The van der Waals surface area contributed by atoms with E-state index in [1.54, 1.807) is 6.20 Å². The Morgan fingerprint density at radius 3 is 2.61 bits per heavy atom. The molecule has 2 aromatic heterocycles. The third-order valence-corrected chi connectivity index (χ3v) is 2.64. The summed E-state index contributed by atoms with van der Waals surface area (Å²) >= 11 is 0. The highest BCUT2D eigenvalue weighted by Gasteiger charge is 2.07. The van der Waals surface area contributed by atoms with Crippen molar-refractivity contribution in [3.8, 4) is 11.4 Å². The van der Waals surface area contributed by atoms with Gasteiger partial charge in [0, 0.05) is 11.8 Å². The number of rotatable bonds is 3. The molecular formula is C13H15N3O2. The van der Waals surface area contributed by atoms with Gasteiger partial charge < -0.3 is 4.74 Å². The van der Waals surface area contributed by atoms with Crippen LogP contribution >= 0.6 is 0 Å². The Bertz CT molecular complexity index is 588. The molecule has 5 heteroatoms. The van der Waals surface area contributed by atoms with Crippen molar-refractivity contribution in [1.29, 1.82) is 0 Å². The predicted octanol–water partition coefficient (Wildman–Crippen LogP) is 1.76. The first-order chi connectivity index (χ1) is 8.63. The molecule has 0 aromatic carbocycles. The van der Waals surface area contributed by atoms with E-state index in [0.29, 0.717) is 11.6 Å². The van der Waals surface area contributed by atoms with Crippen LogP contribution in [0.3, 0.4) is 0 Å². The van der Waals surface area contributed by atoms with Gasteiger partial charge in [-0.2, -0.15) is 9.78 Å². The summed E-state index contributed by atoms with van der Waals surface area (Å²) in [5, 5.41) is 4.02. The van der Waals surface area contributed by atoms with Gasteiger partial charge >= 0.3 is 5.56 Å². The van der Waals surface area contributed by atoms with E-state index in [1.807, 2.05) is 12.1 Å². The summed E-state index contributed by atoms with van der Waals surface area (Å²) in [6, 6.07) is 5.26. The second-order valence-electron chi connectivity index (χ2n) is 4.21. The van der Waals surface area contributed by atoms with Gasteiger partial charge in [-0.25, -0.2) is 0 Å². The van der Waals surface area contributed by atoms with E-state index < -0.39 is 0 Å². The van der Waals surface area contributed by atoms with Crippen molar-refractivity contribution < 1.29 is 4.74 Å². The van der Waals surface area contributed by atoms with Crippen LogP contribution in [0.25, 0.3) is 5.69 Å². The highest BCUT2D eigenvalue weighted by molar-refractivity contribution is 5.31. The van der Waals surface area contributed by atoms with Crippen molar-refractivity contribution in [2.45, 2.75) is 19.8 Å². The van der Waals surface area contributed by atoms with Crippen LogP contribution < -0.4 is 10.3 Å². The number of hydrogen-bond donors (Lipinski definition) is 0. The smallest absolute Gasteiger partial charge is 0.313 e. The van der Waals surface area contributed by atoms with E-state index in [-0.39, 0.29) is 11.3 Å². The minimum absolute atomic E-state index is 0.262. The fourth-order valence-corrected chi connectivity index (χ4v) is 1.60. The zero-order valence-corrected chi connectivity index (χ0v) is 10.6. The molecule has 0 aliphatic carbocycles. The summed E-state index contributed by atoms with van der Waals surface area (Å²) in [5.41, 5.74) is 1.32. The predicted molar refractivity (Wildman–Crippen MR) is 68.3 cm³/mol. The van der Waals surface area contributed by atoms with Crippen LogP contribution in [0.5, 0.6) is 5.75 Å². The molecule has 5 nitrogen and oxygen atoms in total. The summed E-state index contributed by atoms with van der Waals surface area (Å²) in [6.07, 6.45) is 3.17. The first-order valence-corrected chi connectivity index (χ1v) is 5.72. The van der Waals surface area contributed by atoms with Crippen molar-refractivity contribution in [2.75, 3.05) is 7.11 Å². The molecule has 2 aromatic rings. The lowest BCUT2D eigenvalue weighted by Crippen LogP contribution is -2.22. The maximum absolute atomic E-state index is 12.0. The van der Waals surface area contributed by atoms with Gasteiger partial charge in [0.25, 0.3) is 0 Å². The number of methoxy groups -OCH3 is 1. The largest absolute Gasteiger partial charge is 0.491 e. The lowest BCUT2D eigenvalue weighted by molar-refractivity contribution is 0.403. The highest BCUT2D eigenvalue weighted by Crippen LogP contribution is 2.12. The van der Waals surface area contributed by atoms with Gasteiger partial charge in [-0.1, -0.05) is 13.8 Å². The highest BCUT2D eigenvalue weighted by atomic mass is 16.5. The molecule has 0 aliphatic heterocycles. The van der Waals surface area contributed by atoms with Crippen molar-refractivity contribution in [2.24, 2.45) is 0 Å². The quantitative estimate of drug-likeness (QED) is 0.826. The van der Waals surface area contributed by atoms with Crippen LogP contribution in [-0.2, 0) is 0 Å². The topological polar surface area (TPSA) is 57.0 Å². The van der Waals surface area contributed by atoms with Gasteiger partial charge in [-0.3, -0.25) is 9.78 Å². The molecular weight excluding hydrogens is 230 g/mol. The zero-order chi connectivity index (χ0) is 13.1. The van der Waals surface area contributed by atoms with Gasteiger partial charge in [0.05, 0.1) is 25.2 Å². The maximum atomic E-state index is 12.0. The molecule has 0 radical (unpaired) electrons. The molecule has 0 atom stereocenters. The van der Waals surface area contributed by atoms with Crippen LogP contribution in [0.1, 0.15) is 25.5 Å². The Balaban J connectivity index is 2.46. The van der Waals surface area contributed by atoms with Gasteiger partial charge in [0.15, 0.2) is 5.75 Å². The molecule has 94 valence electrons. The van der Waals surface area contributed by atoms with E-state index in [1.165, 1.54) is 24.1 Å². The first-order valence-electron chi connectivity index (χ1n) is 5.72. The van der Waals surface area contributed by atoms with Gasteiger partial charge in [0.1, 0.15) is 0 Å². The Labute approximate surface area is 105 Å². The maximum Gasteiger partial charge on any atom is 0.313 e. The third-order valence-electron chi connectivity index (χ3n) is 2.64. The molecule has 0 bridgehead atoms. The number of ether oxygens (including phenoxy) is 1. The Hall–Kier alpha value is -2.17. The average Bonchev–Trinajstić information content (AvgIpc) is 2.39. The summed E-state index contributed by atoms with van der Waals surface area (Å²) in [6.45, 7) is 4.13. The Kier molecular flexibility index (Phi) is 3.41. The van der Waals surface area contributed by atoms with Crippen LogP contribution in [0, 0.1) is 0 Å². The zero-order valence-electron chi connectivity index (χ0n) is 10.6. The molecule has 0 unspecified atom stereocenters. The number of nitrogens with zero attached hydrogens (tertiary/aromatic N) is 3. The van der Waals surface area contributed by atoms with E-state index >= 15 is 0 Å². The summed E-state index contributed by atoms with van der Waals surface area (Å²) in [7, 11) is 1.46. The number of aromatic nitrogens is 3. The normalized spacial score (nSPS) is 10.7. The SMILES string of the molecule is COc1ccnn(-c2ccc(C(C)C)nc2)c1=O. The Morgan fingerprint density at radius 2 is 2.06 bits per heavy atom. The molecule has 0 fully saturated rings. The van der Waals surface area contributed by atoms with Crippen LogP contribution in [0.4, 0.5) is 0 Å².